The molecule has 0 atom stereocenters. The molecule has 0 radical (unpaired) electrons. The maximum Gasteiger partial charge on any atom is 0.226 e. The van der Waals surface area contributed by atoms with E-state index >= 15 is 0 Å². The molecule has 0 spiro atoms. The summed E-state index contributed by atoms with van der Waals surface area (Å²) in [5.74, 6) is -0.0586. The van der Waals surface area contributed by atoms with E-state index in [1.807, 2.05) is 12.1 Å². The second-order valence-corrected chi connectivity index (χ2v) is 8.47. The highest BCUT2D eigenvalue weighted by atomic mass is 35.5. The smallest absolute Gasteiger partial charge is 0.226 e. The molecule has 1 N–H and O–H groups in total. The maximum atomic E-state index is 12.1. The predicted octanol–water partition coefficient (Wildman–Crippen LogP) is 6.50. The van der Waals surface area contributed by atoms with E-state index < -0.39 is 0 Å². The van der Waals surface area contributed by atoms with Crippen LogP contribution in [-0.4, -0.2) is 23.0 Å². The van der Waals surface area contributed by atoms with Crippen molar-refractivity contribution in [3.05, 3.63) is 57.3 Å². The van der Waals surface area contributed by atoms with Crippen molar-refractivity contribution in [2.75, 3.05) is 11.9 Å². The number of aliphatic hydroxyl groups excluding tert-OH is 1. The molecule has 0 aliphatic carbocycles. The van der Waals surface area contributed by atoms with Gasteiger partial charge >= 0.3 is 0 Å². The Balaban J connectivity index is 2.68. The predicted molar refractivity (Wildman–Crippen MR) is 118 cm³/mol. The minimum atomic E-state index is -0.194. The number of benzene rings is 1. The molecule has 28 heavy (non-hydrogen) atoms. The number of halogens is 2. The Bertz CT molecular complexity index is 931. The second kappa shape index (κ2) is 8.54. The number of rotatable bonds is 4. The Morgan fingerprint density at radius 3 is 2.43 bits per heavy atom. The van der Waals surface area contributed by atoms with Crippen LogP contribution >= 0.6 is 23.2 Å². The zero-order valence-corrected chi connectivity index (χ0v) is 18.6. The maximum absolute atomic E-state index is 12.1. The molecule has 0 unspecified atom stereocenters. The number of carbonyl (C=O) groups excluding carboxylic acids is 1. The number of carbonyl (C=O) groups is 1. The third-order valence-electron chi connectivity index (χ3n) is 4.68. The van der Waals surface area contributed by atoms with Gasteiger partial charge < -0.3 is 10.0 Å². The van der Waals surface area contributed by atoms with Crippen molar-refractivity contribution in [2.24, 2.45) is 0 Å². The van der Waals surface area contributed by atoms with Crippen molar-refractivity contribution in [2.45, 2.75) is 46.5 Å². The normalized spacial score (nSPS) is 12.6. The fourth-order valence-corrected chi connectivity index (χ4v) is 3.77. The lowest BCUT2D eigenvalue weighted by atomic mass is 9.85. The Kier molecular flexibility index (Phi) is 6.79. The average Bonchev–Trinajstić information content (AvgIpc) is 2.65. The van der Waals surface area contributed by atoms with Gasteiger partial charge in [0.2, 0.25) is 5.91 Å². The standard InChI is InChI=1S/C22H26Cl2N2O2/c1-7-17(27)26(6)20-16(23)11-10-14(18(20)24)13(2)21(28)19-15(22(3,4)5)9-8-12-25-19/h8-12,28H,7H2,1-6H3/b21-13-. The van der Waals surface area contributed by atoms with E-state index in [1.165, 1.54) is 4.90 Å². The van der Waals surface area contributed by atoms with E-state index in [-0.39, 0.29) is 17.1 Å². The van der Waals surface area contributed by atoms with Crippen molar-refractivity contribution in [3.63, 3.8) is 0 Å². The van der Waals surface area contributed by atoms with Crippen molar-refractivity contribution in [1.29, 1.82) is 0 Å². The molecule has 0 bridgehead atoms. The number of anilines is 1. The highest BCUT2D eigenvalue weighted by Crippen LogP contribution is 2.40. The molecular formula is C22H26Cl2N2O2. The summed E-state index contributed by atoms with van der Waals surface area (Å²) in [4.78, 5) is 18.0. The first-order valence-corrected chi connectivity index (χ1v) is 9.86. The molecule has 1 aromatic heterocycles. The zero-order chi connectivity index (χ0) is 21.2. The van der Waals surface area contributed by atoms with Gasteiger partial charge in [0.05, 0.1) is 15.7 Å². The highest BCUT2D eigenvalue weighted by Gasteiger charge is 2.24. The number of hydrogen-bond donors (Lipinski definition) is 1. The number of hydrogen-bond acceptors (Lipinski definition) is 3. The highest BCUT2D eigenvalue weighted by molar-refractivity contribution is 6.41. The average molecular weight is 421 g/mol. The quantitative estimate of drug-likeness (QED) is 0.573. The minimum absolute atomic E-state index is 0.0465. The van der Waals surface area contributed by atoms with Crippen LogP contribution in [0.15, 0.2) is 30.5 Å². The van der Waals surface area contributed by atoms with Gasteiger partial charge in [0.25, 0.3) is 0 Å². The van der Waals surface area contributed by atoms with Crippen LogP contribution in [0, 0.1) is 0 Å². The monoisotopic (exact) mass is 420 g/mol. The van der Waals surface area contributed by atoms with E-state index in [0.717, 1.165) is 5.56 Å². The van der Waals surface area contributed by atoms with Gasteiger partial charge in [0, 0.05) is 30.8 Å². The minimum Gasteiger partial charge on any atom is -0.505 e. The van der Waals surface area contributed by atoms with E-state index in [9.17, 15) is 9.90 Å². The molecule has 0 aliphatic rings. The van der Waals surface area contributed by atoms with E-state index in [2.05, 4.69) is 25.8 Å². The summed E-state index contributed by atoms with van der Waals surface area (Å²) in [6.45, 7) is 9.74. The summed E-state index contributed by atoms with van der Waals surface area (Å²) in [7, 11) is 1.64. The number of allylic oxidation sites excluding steroid dienone is 1. The van der Waals surface area contributed by atoms with Crippen LogP contribution in [0.3, 0.4) is 0 Å². The van der Waals surface area contributed by atoms with Gasteiger partial charge in [-0.2, -0.15) is 0 Å². The van der Waals surface area contributed by atoms with Crippen LogP contribution in [-0.2, 0) is 10.2 Å². The summed E-state index contributed by atoms with van der Waals surface area (Å²) in [6.07, 6.45) is 1.98. The van der Waals surface area contributed by atoms with Crippen LogP contribution in [0.2, 0.25) is 10.0 Å². The lowest BCUT2D eigenvalue weighted by Crippen LogP contribution is -2.26. The first-order valence-electron chi connectivity index (χ1n) is 9.11. The van der Waals surface area contributed by atoms with Crippen LogP contribution < -0.4 is 4.90 Å². The molecule has 0 saturated heterocycles. The second-order valence-electron chi connectivity index (χ2n) is 7.69. The molecule has 6 heteroatoms. The lowest BCUT2D eigenvalue weighted by molar-refractivity contribution is -0.118. The number of aromatic nitrogens is 1. The molecule has 2 rings (SSSR count). The summed E-state index contributed by atoms with van der Waals surface area (Å²) in [5, 5.41) is 11.7. The van der Waals surface area contributed by atoms with Crippen molar-refractivity contribution >= 4 is 46.1 Å². The SMILES string of the molecule is CCC(=O)N(C)c1c(Cl)ccc(/C(C)=C(\O)c2ncccc2C(C)(C)C)c1Cl. The fraction of sp³-hybridized carbons (Fsp3) is 0.364. The van der Waals surface area contributed by atoms with Gasteiger partial charge in [-0.25, -0.2) is 0 Å². The molecule has 0 aliphatic heterocycles. The zero-order valence-electron chi connectivity index (χ0n) is 17.1. The molecule has 2 aromatic rings. The molecule has 0 fully saturated rings. The van der Waals surface area contributed by atoms with Crippen LogP contribution in [0.5, 0.6) is 0 Å². The van der Waals surface area contributed by atoms with Gasteiger partial charge in [-0.1, -0.05) is 63.0 Å². The molecule has 0 saturated carbocycles. The molecule has 1 heterocycles. The molecule has 1 amide bonds. The van der Waals surface area contributed by atoms with Crippen LogP contribution in [0.25, 0.3) is 11.3 Å². The number of nitrogens with zero attached hydrogens (tertiary/aromatic N) is 2. The van der Waals surface area contributed by atoms with Crippen LogP contribution in [0.1, 0.15) is 57.9 Å². The van der Waals surface area contributed by atoms with E-state index in [1.54, 1.807) is 39.2 Å². The lowest BCUT2D eigenvalue weighted by Gasteiger charge is -2.23. The van der Waals surface area contributed by atoms with Crippen LogP contribution in [0.4, 0.5) is 5.69 Å². The fourth-order valence-electron chi connectivity index (χ4n) is 3.00. The number of aliphatic hydroxyl groups is 1. The molecule has 1 aromatic carbocycles. The Morgan fingerprint density at radius 2 is 1.86 bits per heavy atom. The third kappa shape index (κ3) is 4.34. The topological polar surface area (TPSA) is 53.4 Å². The van der Waals surface area contributed by atoms with Crippen molar-refractivity contribution in [1.82, 2.24) is 4.98 Å². The van der Waals surface area contributed by atoms with E-state index in [0.29, 0.717) is 39.0 Å². The molecular weight excluding hydrogens is 395 g/mol. The molecule has 150 valence electrons. The Labute approximate surface area is 176 Å². The first-order chi connectivity index (χ1) is 13.0. The summed E-state index contributed by atoms with van der Waals surface area (Å²) in [5.41, 5.74) is 2.83. The third-order valence-corrected chi connectivity index (χ3v) is 5.37. The molecule has 4 nitrogen and oxygen atoms in total. The number of pyridine rings is 1. The number of amides is 1. The summed E-state index contributed by atoms with van der Waals surface area (Å²) >= 11 is 12.9. The van der Waals surface area contributed by atoms with Gasteiger partial charge in [-0.05, 0) is 30.0 Å². The van der Waals surface area contributed by atoms with Gasteiger partial charge in [-0.3, -0.25) is 9.78 Å². The largest absolute Gasteiger partial charge is 0.505 e. The van der Waals surface area contributed by atoms with Crippen molar-refractivity contribution in [3.8, 4) is 0 Å². The van der Waals surface area contributed by atoms with Crippen molar-refractivity contribution < 1.29 is 9.90 Å². The van der Waals surface area contributed by atoms with Gasteiger partial charge in [0.1, 0.15) is 11.5 Å². The van der Waals surface area contributed by atoms with E-state index in [4.69, 9.17) is 23.2 Å². The van der Waals surface area contributed by atoms with Gasteiger partial charge in [-0.15, -0.1) is 0 Å². The summed E-state index contributed by atoms with van der Waals surface area (Å²) in [6, 6.07) is 7.22. The summed E-state index contributed by atoms with van der Waals surface area (Å²) < 4.78 is 0. The first kappa shape index (κ1) is 22.3. The Hall–Kier alpha value is -2.04. The van der Waals surface area contributed by atoms with Gasteiger partial charge in [0.15, 0.2) is 0 Å². The Morgan fingerprint density at radius 1 is 1.21 bits per heavy atom.